The van der Waals surface area contributed by atoms with Crippen molar-refractivity contribution in [3.05, 3.63) is 76.0 Å². The third kappa shape index (κ3) is 13.4. The first-order chi connectivity index (χ1) is 15.6. The van der Waals surface area contributed by atoms with Gasteiger partial charge >= 0.3 is 0 Å². The van der Waals surface area contributed by atoms with Crippen molar-refractivity contribution in [3.63, 3.8) is 0 Å². The van der Waals surface area contributed by atoms with Crippen LogP contribution in [0.5, 0.6) is 11.5 Å². The number of hydrogen-bond donors (Lipinski definition) is 1. The van der Waals surface area contributed by atoms with Crippen molar-refractivity contribution in [2.24, 2.45) is 5.73 Å². The Kier molecular flexibility index (Phi) is 15.0. The molecular weight excluding hydrogens is 412 g/mol. The Morgan fingerprint density at radius 2 is 1.50 bits per heavy atom. The first kappa shape index (κ1) is 27.1. The first-order valence-electron chi connectivity index (χ1n) is 10.7. The summed E-state index contributed by atoms with van der Waals surface area (Å²) in [4.78, 5) is 9.68. The summed E-state index contributed by atoms with van der Waals surface area (Å²) >= 11 is 0. The van der Waals surface area contributed by atoms with E-state index in [-0.39, 0.29) is 0 Å². The number of nitrogens with zero attached hydrogens (tertiary/aromatic N) is 1. The molecule has 0 aliphatic carbocycles. The lowest BCUT2D eigenvalue weighted by molar-refractivity contribution is -0.400. The monoisotopic (exact) mass is 446 g/mol. The molecule has 0 atom stereocenters. The van der Waals surface area contributed by atoms with Crippen LogP contribution in [-0.2, 0) is 15.9 Å². The van der Waals surface area contributed by atoms with Gasteiger partial charge in [-0.05, 0) is 62.2 Å². The Labute approximate surface area is 190 Å². The summed E-state index contributed by atoms with van der Waals surface area (Å²) in [5.41, 5.74) is 7.44. The van der Waals surface area contributed by atoms with Crippen molar-refractivity contribution in [2.45, 2.75) is 20.3 Å². The van der Waals surface area contributed by atoms with Crippen LogP contribution in [0.3, 0.4) is 0 Å². The van der Waals surface area contributed by atoms with Crippen LogP contribution in [0, 0.1) is 10.1 Å². The van der Waals surface area contributed by atoms with Crippen molar-refractivity contribution in [1.29, 1.82) is 0 Å². The van der Waals surface area contributed by atoms with Gasteiger partial charge in [-0.2, -0.15) is 0 Å². The van der Waals surface area contributed by atoms with Crippen LogP contribution in [0.1, 0.15) is 25.0 Å². The van der Waals surface area contributed by atoms with E-state index in [0.29, 0.717) is 45.3 Å². The second-order valence-corrected chi connectivity index (χ2v) is 6.45. The highest BCUT2D eigenvalue weighted by molar-refractivity contribution is 5.50. The van der Waals surface area contributed by atoms with Crippen LogP contribution in [0.2, 0.25) is 0 Å². The molecule has 0 bridgehead atoms. The topological polar surface area (TPSA) is 106 Å². The molecule has 0 saturated carbocycles. The maximum absolute atomic E-state index is 10.2. The van der Waals surface area contributed by atoms with Crippen LogP contribution < -0.4 is 15.2 Å². The van der Waals surface area contributed by atoms with Gasteiger partial charge in [0.25, 0.3) is 0 Å². The van der Waals surface area contributed by atoms with Crippen LogP contribution >= 0.6 is 0 Å². The molecule has 2 aromatic rings. The zero-order chi connectivity index (χ0) is 23.4. The molecule has 0 radical (unpaired) electrons. The third-order valence-electron chi connectivity index (χ3n) is 3.98. The quantitative estimate of drug-likeness (QED) is 0.266. The molecule has 0 unspecified atom stereocenters. The number of hydrogen-bond acceptors (Lipinski definition) is 7. The van der Waals surface area contributed by atoms with Gasteiger partial charge in [0.2, 0.25) is 6.20 Å². The second kappa shape index (κ2) is 17.7. The van der Waals surface area contributed by atoms with Crippen molar-refractivity contribution >= 4 is 6.08 Å². The lowest BCUT2D eigenvalue weighted by Crippen LogP contribution is -2.07. The Hall–Kier alpha value is -2.94. The molecule has 32 heavy (non-hydrogen) atoms. The second-order valence-electron chi connectivity index (χ2n) is 6.45. The van der Waals surface area contributed by atoms with Crippen LogP contribution in [0.15, 0.2) is 54.7 Å². The minimum atomic E-state index is -0.497. The predicted octanol–water partition coefficient (Wildman–Crippen LogP) is 3.95. The van der Waals surface area contributed by atoms with Gasteiger partial charge in [0.05, 0.1) is 18.1 Å². The third-order valence-corrected chi connectivity index (χ3v) is 3.98. The van der Waals surface area contributed by atoms with Gasteiger partial charge in [-0.25, -0.2) is 0 Å². The number of ether oxygens (including phenoxy) is 4. The lowest BCUT2D eigenvalue weighted by Gasteiger charge is -2.07. The highest BCUT2D eigenvalue weighted by Crippen LogP contribution is 2.14. The Balaban J connectivity index is 0.000000323. The molecule has 2 rings (SSSR count). The summed E-state index contributed by atoms with van der Waals surface area (Å²) in [5.74, 6) is 1.57. The van der Waals surface area contributed by atoms with Gasteiger partial charge in [-0.15, -0.1) is 0 Å². The standard InChI is InChI=1S/C12H15NO4.C12H19NO2/c1-2-16-8-9-17-12-5-3-4-11(10-12)6-7-13(14)15;1-2-14-8-9-15-12-5-3-4-11(10-12)6-7-13/h3-7,10H,2,8-9H2,1H3;3-5,10H,2,6-9,13H2,1H3/b7-6+;. The molecule has 2 N–H and O–H groups in total. The fourth-order valence-corrected chi connectivity index (χ4v) is 2.54. The lowest BCUT2D eigenvalue weighted by atomic mass is 10.1. The van der Waals surface area contributed by atoms with Gasteiger partial charge in [0.1, 0.15) is 24.7 Å². The smallest absolute Gasteiger partial charge is 0.235 e. The van der Waals surface area contributed by atoms with Gasteiger partial charge in [-0.3, -0.25) is 10.1 Å². The average molecular weight is 447 g/mol. The van der Waals surface area contributed by atoms with Crippen molar-refractivity contribution < 1.29 is 23.9 Å². The molecule has 176 valence electrons. The molecule has 0 aromatic heterocycles. The summed E-state index contributed by atoms with van der Waals surface area (Å²) in [6.07, 6.45) is 3.22. The zero-order valence-corrected chi connectivity index (χ0v) is 18.9. The van der Waals surface area contributed by atoms with Crippen LogP contribution in [0.4, 0.5) is 0 Å². The SMILES string of the molecule is CCOCCOc1cccc(/C=C/[N+](=O)[O-])c1.CCOCCOc1cccc(CCN)c1. The molecule has 0 saturated heterocycles. The molecule has 2 aromatic carbocycles. The highest BCUT2D eigenvalue weighted by Gasteiger charge is 1.97. The zero-order valence-electron chi connectivity index (χ0n) is 18.9. The van der Waals surface area contributed by atoms with Gasteiger partial charge in [0.15, 0.2) is 0 Å². The van der Waals surface area contributed by atoms with E-state index in [9.17, 15) is 10.1 Å². The molecular formula is C24H34N2O6. The van der Waals surface area contributed by atoms with Gasteiger partial charge < -0.3 is 24.7 Å². The molecule has 0 aliphatic rings. The van der Waals surface area contributed by atoms with E-state index in [2.05, 4.69) is 6.07 Å². The normalized spacial score (nSPS) is 10.5. The highest BCUT2D eigenvalue weighted by atomic mass is 16.6. The average Bonchev–Trinajstić information content (AvgIpc) is 2.80. The predicted molar refractivity (Wildman–Crippen MR) is 126 cm³/mol. The van der Waals surface area contributed by atoms with E-state index < -0.39 is 4.92 Å². The molecule has 0 fully saturated rings. The van der Waals surface area contributed by atoms with Crippen molar-refractivity contribution in [3.8, 4) is 11.5 Å². The maximum atomic E-state index is 10.2. The van der Waals surface area contributed by atoms with Gasteiger partial charge in [0, 0.05) is 19.3 Å². The van der Waals surface area contributed by atoms with E-state index >= 15 is 0 Å². The van der Waals surface area contributed by atoms with Crippen LogP contribution in [-0.4, -0.2) is 51.1 Å². The van der Waals surface area contributed by atoms with Crippen LogP contribution in [0.25, 0.3) is 6.08 Å². The maximum Gasteiger partial charge on any atom is 0.235 e. The van der Waals surface area contributed by atoms with Crippen molar-refractivity contribution in [2.75, 3.05) is 46.2 Å². The minimum absolute atomic E-state index is 0.468. The van der Waals surface area contributed by atoms with E-state index in [1.807, 2.05) is 32.0 Å². The van der Waals surface area contributed by atoms with E-state index in [1.54, 1.807) is 24.3 Å². The van der Waals surface area contributed by atoms with E-state index in [1.165, 1.54) is 11.6 Å². The molecule has 8 heteroatoms. The van der Waals surface area contributed by atoms with Crippen molar-refractivity contribution in [1.82, 2.24) is 0 Å². The first-order valence-corrected chi connectivity index (χ1v) is 10.7. The molecule has 0 heterocycles. The number of rotatable bonds is 14. The van der Waals surface area contributed by atoms with Gasteiger partial charge in [-0.1, -0.05) is 24.3 Å². The number of benzene rings is 2. The minimum Gasteiger partial charge on any atom is -0.491 e. The molecule has 0 spiro atoms. The fraction of sp³-hybridized carbons (Fsp3) is 0.417. The van der Waals surface area contributed by atoms with E-state index in [4.69, 9.17) is 24.7 Å². The summed E-state index contributed by atoms with van der Waals surface area (Å²) in [5, 5.41) is 10.2. The summed E-state index contributed by atoms with van der Waals surface area (Å²) < 4.78 is 21.3. The molecule has 0 amide bonds. The largest absolute Gasteiger partial charge is 0.491 e. The summed E-state index contributed by atoms with van der Waals surface area (Å²) in [7, 11) is 0. The Morgan fingerprint density at radius 1 is 0.906 bits per heavy atom. The Morgan fingerprint density at radius 3 is 2.06 bits per heavy atom. The number of nitro groups is 1. The molecule has 0 aliphatic heterocycles. The van der Waals surface area contributed by atoms with E-state index in [0.717, 1.165) is 30.5 Å². The molecule has 8 nitrogen and oxygen atoms in total. The summed E-state index contributed by atoms with van der Waals surface area (Å²) in [6.45, 7) is 8.19. The summed E-state index contributed by atoms with van der Waals surface area (Å²) in [6, 6.07) is 15.1. The fourth-order valence-electron chi connectivity index (χ4n) is 2.54. The Bertz CT molecular complexity index is 798. The number of nitrogens with two attached hydrogens (primary N) is 1.